The Balaban J connectivity index is 1.67. The molecule has 11 heteroatoms. The minimum absolute atomic E-state index is 0.0469. The summed E-state index contributed by atoms with van der Waals surface area (Å²) < 4.78 is 41.1. The van der Waals surface area contributed by atoms with E-state index in [1.54, 1.807) is 4.90 Å². The number of aliphatic carboxylic acids is 1. The van der Waals surface area contributed by atoms with Gasteiger partial charge in [-0.05, 0) is 19.5 Å². The number of hydrogen-bond donors (Lipinski definition) is 3. The Morgan fingerprint density at radius 1 is 1.30 bits per heavy atom. The molecular formula is C16H17F3N4O4. The second-order valence-corrected chi connectivity index (χ2v) is 7.00. The summed E-state index contributed by atoms with van der Waals surface area (Å²) in [7, 11) is 1.95. The molecule has 3 N–H and O–H groups in total. The third-order valence-electron chi connectivity index (χ3n) is 5.43. The average Bonchev–Trinajstić information content (AvgIpc) is 3.24. The van der Waals surface area contributed by atoms with Crippen LogP contribution in [0.15, 0.2) is 18.2 Å². The predicted molar refractivity (Wildman–Crippen MR) is 85.7 cm³/mol. The SMILES string of the molecule is CN1C[C@@H]2C[C@H]1CN2C(=O)C1(C(=O)O)NNc2cc(OC(F)(F)F)ccc21. The van der Waals surface area contributed by atoms with E-state index in [4.69, 9.17) is 0 Å². The van der Waals surface area contributed by atoms with Gasteiger partial charge in [0.05, 0.1) is 5.69 Å². The zero-order chi connectivity index (χ0) is 19.6. The maximum absolute atomic E-state index is 13.2. The van der Waals surface area contributed by atoms with Crippen LogP contribution in [0.5, 0.6) is 5.75 Å². The van der Waals surface area contributed by atoms with Gasteiger partial charge in [-0.3, -0.25) is 9.69 Å². The van der Waals surface area contributed by atoms with Crippen LogP contribution in [-0.4, -0.2) is 65.4 Å². The number of benzene rings is 1. The highest BCUT2D eigenvalue weighted by Gasteiger charge is 2.58. The molecule has 3 heterocycles. The second-order valence-electron chi connectivity index (χ2n) is 7.00. The lowest BCUT2D eigenvalue weighted by Crippen LogP contribution is -2.61. The van der Waals surface area contributed by atoms with Crippen LogP contribution < -0.4 is 15.6 Å². The molecule has 0 aliphatic carbocycles. The number of ether oxygens (including phenoxy) is 1. The highest BCUT2D eigenvalue weighted by molar-refractivity contribution is 6.10. The van der Waals surface area contributed by atoms with Crippen LogP contribution in [0.2, 0.25) is 0 Å². The molecule has 1 aromatic carbocycles. The van der Waals surface area contributed by atoms with E-state index in [1.807, 2.05) is 7.05 Å². The highest BCUT2D eigenvalue weighted by Crippen LogP contribution is 2.41. The van der Waals surface area contributed by atoms with E-state index < -0.39 is 29.5 Å². The van der Waals surface area contributed by atoms with Crippen molar-refractivity contribution >= 4 is 17.6 Å². The van der Waals surface area contributed by atoms with Crippen molar-refractivity contribution in [3.63, 3.8) is 0 Å². The first-order valence-electron chi connectivity index (χ1n) is 8.30. The lowest BCUT2D eigenvalue weighted by molar-refractivity contribution is -0.274. The van der Waals surface area contributed by atoms with Crippen molar-refractivity contribution in [2.24, 2.45) is 0 Å². The number of hydrogen-bond acceptors (Lipinski definition) is 6. The van der Waals surface area contributed by atoms with E-state index >= 15 is 0 Å². The molecule has 2 fully saturated rings. The molecule has 2 saturated heterocycles. The number of carboxylic acids is 1. The van der Waals surface area contributed by atoms with Gasteiger partial charge in [0.25, 0.3) is 5.91 Å². The molecule has 0 aromatic heterocycles. The fraction of sp³-hybridized carbons (Fsp3) is 0.500. The van der Waals surface area contributed by atoms with Gasteiger partial charge in [0.1, 0.15) is 5.75 Å². The number of rotatable bonds is 3. The highest BCUT2D eigenvalue weighted by atomic mass is 19.4. The Hall–Kier alpha value is -2.53. The minimum atomic E-state index is -4.87. The number of carbonyl (C=O) groups is 2. The van der Waals surface area contributed by atoms with Gasteiger partial charge < -0.3 is 20.2 Å². The number of alkyl halides is 3. The van der Waals surface area contributed by atoms with Crippen molar-refractivity contribution in [3.05, 3.63) is 23.8 Å². The predicted octanol–water partition coefficient (Wildman–Crippen LogP) is 0.710. The average molecular weight is 386 g/mol. The van der Waals surface area contributed by atoms with Crippen LogP contribution in [0.3, 0.4) is 0 Å². The van der Waals surface area contributed by atoms with Crippen LogP contribution in [0.25, 0.3) is 0 Å². The molecule has 1 amide bonds. The van der Waals surface area contributed by atoms with E-state index in [1.165, 1.54) is 0 Å². The monoisotopic (exact) mass is 386 g/mol. The van der Waals surface area contributed by atoms with Gasteiger partial charge in [-0.2, -0.15) is 0 Å². The van der Waals surface area contributed by atoms with E-state index in [0.29, 0.717) is 13.1 Å². The zero-order valence-corrected chi connectivity index (χ0v) is 14.2. The van der Waals surface area contributed by atoms with Gasteiger partial charge in [-0.15, -0.1) is 13.2 Å². The summed E-state index contributed by atoms with van der Waals surface area (Å²) in [5.41, 5.74) is 3.00. The molecular weight excluding hydrogens is 369 g/mol. The molecule has 0 radical (unpaired) electrons. The maximum atomic E-state index is 13.2. The standard InChI is InChI=1S/C16H17F3N4O4/c1-22-6-9-4-8(22)7-23(9)13(24)15(14(25)26)11-3-2-10(27-16(17,18)19)5-12(11)20-21-15/h2-3,5,8-9,20-21H,4,6-7H2,1H3,(H,25,26)/t8-,9-,15?/m0/s1. The lowest BCUT2D eigenvalue weighted by Gasteiger charge is -2.36. The van der Waals surface area contributed by atoms with Crippen molar-refractivity contribution in [1.82, 2.24) is 15.2 Å². The third kappa shape index (κ3) is 2.69. The number of amides is 1. The molecule has 3 aliphatic rings. The first-order valence-corrected chi connectivity index (χ1v) is 8.30. The Labute approximate surface area is 151 Å². The first kappa shape index (κ1) is 17.9. The summed E-state index contributed by atoms with van der Waals surface area (Å²) >= 11 is 0. The molecule has 8 nitrogen and oxygen atoms in total. The van der Waals surface area contributed by atoms with Crippen LogP contribution in [0.4, 0.5) is 18.9 Å². The summed E-state index contributed by atoms with van der Waals surface area (Å²) in [6.07, 6.45) is -4.10. The van der Waals surface area contributed by atoms with Gasteiger partial charge in [-0.1, -0.05) is 6.07 Å². The Bertz CT molecular complexity index is 815. The van der Waals surface area contributed by atoms with Crippen molar-refractivity contribution in [2.75, 3.05) is 25.6 Å². The van der Waals surface area contributed by atoms with Gasteiger partial charge in [-0.25, -0.2) is 10.2 Å². The number of nitrogens with one attached hydrogen (secondary N) is 2. The van der Waals surface area contributed by atoms with Crippen molar-refractivity contribution in [3.8, 4) is 5.75 Å². The van der Waals surface area contributed by atoms with Crippen LogP contribution in [0, 0.1) is 0 Å². The third-order valence-corrected chi connectivity index (χ3v) is 5.43. The van der Waals surface area contributed by atoms with Gasteiger partial charge in [0, 0.05) is 36.8 Å². The Kier molecular flexibility index (Phi) is 3.79. The molecule has 27 heavy (non-hydrogen) atoms. The first-order chi connectivity index (χ1) is 12.6. The number of carbonyl (C=O) groups excluding carboxylic acids is 1. The van der Waals surface area contributed by atoms with E-state index in [-0.39, 0.29) is 23.3 Å². The number of nitrogens with zero attached hydrogens (tertiary/aromatic N) is 2. The topological polar surface area (TPSA) is 94.1 Å². The number of likely N-dealkylation sites (N-methyl/N-ethyl adjacent to an activating group) is 1. The molecule has 4 rings (SSSR count). The van der Waals surface area contributed by atoms with E-state index in [9.17, 15) is 27.9 Å². The summed E-state index contributed by atoms with van der Waals surface area (Å²) in [6, 6.07) is 3.27. The molecule has 3 atom stereocenters. The van der Waals surface area contributed by atoms with Crippen molar-refractivity contribution < 1.29 is 32.6 Å². The number of fused-ring (bicyclic) bond motifs is 3. The van der Waals surface area contributed by atoms with E-state index in [0.717, 1.165) is 24.6 Å². The number of likely N-dealkylation sites (tertiary alicyclic amines) is 2. The molecule has 146 valence electrons. The smallest absolute Gasteiger partial charge is 0.479 e. The maximum Gasteiger partial charge on any atom is 0.573 e. The quantitative estimate of drug-likeness (QED) is 0.659. The number of halogens is 3. The summed E-state index contributed by atoms with van der Waals surface area (Å²) in [5.74, 6) is -2.57. The number of anilines is 1. The second kappa shape index (κ2) is 5.73. The molecule has 3 aliphatic heterocycles. The minimum Gasteiger partial charge on any atom is -0.479 e. The van der Waals surface area contributed by atoms with Crippen molar-refractivity contribution in [2.45, 2.75) is 30.4 Å². The van der Waals surface area contributed by atoms with Gasteiger partial charge in [0.15, 0.2) is 0 Å². The number of piperazine rings is 1. The molecule has 1 aromatic rings. The van der Waals surface area contributed by atoms with Crippen LogP contribution in [0.1, 0.15) is 12.0 Å². The number of carboxylic acid groups (broad SMARTS) is 1. The Morgan fingerprint density at radius 3 is 2.59 bits per heavy atom. The Morgan fingerprint density at radius 2 is 2.04 bits per heavy atom. The normalized spacial score (nSPS) is 29.6. The fourth-order valence-electron chi connectivity index (χ4n) is 4.14. The van der Waals surface area contributed by atoms with E-state index in [2.05, 4.69) is 20.5 Å². The van der Waals surface area contributed by atoms with Crippen molar-refractivity contribution in [1.29, 1.82) is 0 Å². The number of hydrazine groups is 1. The molecule has 0 saturated carbocycles. The summed E-state index contributed by atoms with van der Waals surface area (Å²) in [6.45, 7) is 1.08. The lowest BCUT2D eigenvalue weighted by atomic mass is 9.88. The summed E-state index contributed by atoms with van der Waals surface area (Å²) in [4.78, 5) is 29.0. The largest absolute Gasteiger partial charge is 0.573 e. The van der Waals surface area contributed by atoms with Gasteiger partial charge in [0.2, 0.25) is 5.54 Å². The van der Waals surface area contributed by atoms with Crippen LogP contribution >= 0.6 is 0 Å². The molecule has 1 unspecified atom stereocenters. The zero-order valence-electron chi connectivity index (χ0n) is 14.2. The van der Waals surface area contributed by atoms with Crippen LogP contribution in [-0.2, 0) is 15.1 Å². The fourth-order valence-corrected chi connectivity index (χ4v) is 4.14. The molecule has 2 bridgehead atoms. The van der Waals surface area contributed by atoms with Gasteiger partial charge >= 0.3 is 12.3 Å². The summed E-state index contributed by atoms with van der Waals surface area (Å²) in [5, 5.41) is 9.85. The molecule has 0 spiro atoms.